The van der Waals surface area contributed by atoms with Crippen molar-refractivity contribution >= 4 is 15.4 Å². The van der Waals surface area contributed by atoms with Gasteiger partial charge >= 0.3 is 0 Å². The molecule has 2 aromatic rings. The monoisotopic (exact) mass is 214 g/mol. The highest BCUT2D eigenvalue weighted by Gasteiger charge is 2.06. The third-order valence-electron chi connectivity index (χ3n) is 2.52. The van der Waals surface area contributed by atoms with Gasteiger partial charge in [-0.3, -0.25) is 0 Å². The summed E-state index contributed by atoms with van der Waals surface area (Å²) in [4.78, 5) is 0. The van der Waals surface area contributed by atoms with Crippen LogP contribution in [0.1, 0.15) is 0 Å². The molecule has 0 saturated heterocycles. The summed E-state index contributed by atoms with van der Waals surface area (Å²) in [5, 5.41) is 1.38. The standard InChI is InChI=1S/C13H14OSi/c1-14-11-8-5-9-12(15)13(11)10-6-3-2-4-7-10/h2-9H,1,15H3. The van der Waals surface area contributed by atoms with Gasteiger partial charge in [0.25, 0.3) is 0 Å². The van der Waals surface area contributed by atoms with Crippen molar-refractivity contribution in [1.82, 2.24) is 0 Å². The lowest BCUT2D eigenvalue weighted by Gasteiger charge is -2.11. The minimum Gasteiger partial charge on any atom is -0.496 e. The van der Waals surface area contributed by atoms with E-state index in [1.807, 2.05) is 18.2 Å². The fraction of sp³-hybridized carbons (Fsp3) is 0.0769. The molecule has 0 atom stereocenters. The van der Waals surface area contributed by atoms with E-state index in [9.17, 15) is 0 Å². The van der Waals surface area contributed by atoms with Crippen LogP contribution in [0, 0.1) is 0 Å². The van der Waals surface area contributed by atoms with E-state index in [-0.39, 0.29) is 0 Å². The molecule has 0 aliphatic rings. The average molecular weight is 214 g/mol. The van der Waals surface area contributed by atoms with E-state index in [1.54, 1.807) is 7.11 Å². The molecule has 2 heteroatoms. The van der Waals surface area contributed by atoms with Crippen molar-refractivity contribution in [3.8, 4) is 16.9 Å². The van der Waals surface area contributed by atoms with Gasteiger partial charge in [-0.05, 0) is 11.6 Å². The lowest BCUT2D eigenvalue weighted by molar-refractivity contribution is 0.417. The van der Waals surface area contributed by atoms with Crippen molar-refractivity contribution in [2.24, 2.45) is 0 Å². The molecule has 0 aromatic heterocycles. The maximum atomic E-state index is 5.40. The maximum absolute atomic E-state index is 5.40. The first-order valence-corrected chi connectivity index (χ1v) is 6.02. The molecule has 0 heterocycles. The van der Waals surface area contributed by atoms with Crippen LogP contribution in [0.15, 0.2) is 48.5 Å². The van der Waals surface area contributed by atoms with E-state index in [0.717, 1.165) is 16.0 Å². The van der Waals surface area contributed by atoms with E-state index < -0.39 is 0 Å². The quantitative estimate of drug-likeness (QED) is 0.686. The van der Waals surface area contributed by atoms with E-state index in [0.29, 0.717) is 0 Å². The van der Waals surface area contributed by atoms with Crippen LogP contribution < -0.4 is 9.92 Å². The van der Waals surface area contributed by atoms with Gasteiger partial charge < -0.3 is 4.74 Å². The summed E-state index contributed by atoms with van der Waals surface area (Å²) in [7, 11) is 2.76. The van der Waals surface area contributed by atoms with Crippen LogP contribution in [0.4, 0.5) is 0 Å². The Hall–Kier alpha value is -1.54. The molecule has 1 nitrogen and oxygen atoms in total. The van der Waals surface area contributed by atoms with Crippen molar-refractivity contribution in [2.75, 3.05) is 7.11 Å². The molecule has 0 spiro atoms. The van der Waals surface area contributed by atoms with E-state index in [4.69, 9.17) is 4.74 Å². The highest BCUT2D eigenvalue weighted by Crippen LogP contribution is 2.26. The van der Waals surface area contributed by atoms with Gasteiger partial charge in [-0.15, -0.1) is 0 Å². The lowest BCUT2D eigenvalue weighted by atomic mass is 10.0. The van der Waals surface area contributed by atoms with Gasteiger partial charge in [0.2, 0.25) is 0 Å². The predicted molar refractivity (Wildman–Crippen MR) is 68.0 cm³/mol. The molecular formula is C13H14OSi. The highest BCUT2D eigenvalue weighted by molar-refractivity contribution is 6.36. The Morgan fingerprint density at radius 1 is 0.933 bits per heavy atom. The summed E-state index contributed by atoms with van der Waals surface area (Å²) in [6.07, 6.45) is 0. The Balaban J connectivity index is 2.61. The Labute approximate surface area is 93.1 Å². The van der Waals surface area contributed by atoms with Crippen LogP contribution >= 0.6 is 0 Å². The van der Waals surface area contributed by atoms with Crippen LogP contribution in [-0.2, 0) is 0 Å². The van der Waals surface area contributed by atoms with Gasteiger partial charge in [-0.25, -0.2) is 0 Å². The van der Waals surface area contributed by atoms with Crippen molar-refractivity contribution in [3.05, 3.63) is 48.5 Å². The minimum absolute atomic E-state index is 0.966. The maximum Gasteiger partial charge on any atom is 0.126 e. The minimum atomic E-state index is 0.966. The molecule has 0 aliphatic heterocycles. The Morgan fingerprint density at radius 3 is 2.33 bits per heavy atom. The summed E-state index contributed by atoms with van der Waals surface area (Å²) in [5.41, 5.74) is 2.48. The molecule has 15 heavy (non-hydrogen) atoms. The molecule has 0 N–H and O–H groups in total. The summed E-state index contributed by atoms with van der Waals surface area (Å²) in [6, 6.07) is 16.6. The first kappa shape index (κ1) is 9.99. The SMILES string of the molecule is COc1cccc([SiH3])c1-c1ccccc1. The van der Waals surface area contributed by atoms with E-state index >= 15 is 0 Å². The molecular weight excluding hydrogens is 200 g/mol. The van der Waals surface area contributed by atoms with Gasteiger partial charge in [-0.2, -0.15) is 0 Å². The average Bonchev–Trinajstić information content (AvgIpc) is 2.29. The summed E-state index contributed by atoms with van der Waals surface area (Å²) in [5.74, 6) is 0.966. The van der Waals surface area contributed by atoms with Crippen LogP contribution in [0.5, 0.6) is 5.75 Å². The van der Waals surface area contributed by atoms with Crippen molar-refractivity contribution < 1.29 is 4.74 Å². The highest BCUT2D eigenvalue weighted by atomic mass is 28.1. The Bertz CT molecular complexity index is 451. The first-order valence-electron chi connectivity index (χ1n) is 5.02. The normalized spacial score (nSPS) is 10.2. The molecule has 0 amide bonds. The van der Waals surface area contributed by atoms with Gasteiger partial charge in [0.15, 0.2) is 0 Å². The predicted octanol–water partition coefficient (Wildman–Crippen LogP) is 1.35. The number of rotatable bonds is 2. The summed E-state index contributed by atoms with van der Waals surface area (Å²) < 4.78 is 5.40. The van der Waals surface area contributed by atoms with Crippen LogP contribution in [-0.4, -0.2) is 17.4 Å². The topological polar surface area (TPSA) is 9.23 Å². The fourth-order valence-electron chi connectivity index (χ4n) is 1.79. The Kier molecular flexibility index (Phi) is 2.88. The number of hydrogen-bond donors (Lipinski definition) is 0. The van der Waals surface area contributed by atoms with Crippen molar-refractivity contribution in [3.63, 3.8) is 0 Å². The number of methoxy groups -OCH3 is 1. The van der Waals surface area contributed by atoms with Crippen LogP contribution in [0.3, 0.4) is 0 Å². The third-order valence-corrected chi connectivity index (χ3v) is 3.35. The number of benzene rings is 2. The molecule has 0 fully saturated rings. The molecule has 2 aromatic carbocycles. The second-order valence-corrected chi connectivity index (χ2v) is 4.60. The summed E-state index contributed by atoms with van der Waals surface area (Å²) >= 11 is 0. The third kappa shape index (κ3) is 1.95. The molecule has 0 radical (unpaired) electrons. The number of hydrogen-bond acceptors (Lipinski definition) is 1. The van der Waals surface area contributed by atoms with Gasteiger partial charge in [0, 0.05) is 15.8 Å². The molecule has 0 saturated carbocycles. The van der Waals surface area contributed by atoms with E-state index in [2.05, 4.69) is 30.3 Å². The zero-order chi connectivity index (χ0) is 10.7. The van der Waals surface area contributed by atoms with Gasteiger partial charge in [-0.1, -0.05) is 47.7 Å². The largest absolute Gasteiger partial charge is 0.496 e. The number of ether oxygens (including phenoxy) is 1. The van der Waals surface area contributed by atoms with Gasteiger partial charge in [0.1, 0.15) is 5.75 Å². The second-order valence-electron chi connectivity index (χ2n) is 3.52. The zero-order valence-electron chi connectivity index (χ0n) is 9.03. The molecule has 2 rings (SSSR count). The first-order chi connectivity index (χ1) is 7.33. The Morgan fingerprint density at radius 2 is 1.67 bits per heavy atom. The fourth-order valence-corrected chi connectivity index (χ4v) is 2.51. The molecule has 0 aliphatic carbocycles. The second kappa shape index (κ2) is 4.32. The van der Waals surface area contributed by atoms with Crippen LogP contribution in [0.25, 0.3) is 11.1 Å². The van der Waals surface area contributed by atoms with Crippen LogP contribution in [0.2, 0.25) is 0 Å². The zero-order valence-corrected chi connectivity index (χ0v) is 11.0. The summed E-state index contributed by atoms with van der Waals surface area (Å²) in [6.45, 7) is 0. The lowest BCUT2D eigenvalue weighted by Crippen LogP contribution is -2.07. The van der Waals surface area contributed by atoms with Crippen molar-refractivity contribution in [2.45, 2.75) is 0 Å². The van der Waals surface area contributed by atoms with Gasteiger partial charge in [0.05, 0.1) is 7.11 Å². The molecule has 76 valence electrons. The smallest absolute Gasteiger partial charge is 0.126 e. The molecule has 0 unspecified atom stereocenters. The molecule has 0 bridgehead atoms. The van der Waals surface area contributed by atoms with E-state index in [1.165, 1.54) is 16.3 Å². The van der Waals surface area contributed by atoms with Crippen molar-refractivity contribution in [1.29, 1.82) is 0 Å².